The molecule has 0 N–H and O–H groups in total. The van der Waals surface area contributed by atoms with Crippen LogP contribution in [0.1, 0.15) is 35.2 Å². The fourth-order valence-electron chi connectivity index (χ4n) is 2.82. The van der Waals surface area contributed by atoms with Gasteiger partial charge in [0.2, 0.25) is 0 Å². The molecule has 0 bridgehead atoms. The van der Waals surface area contributed by atoms with Crippen molar-refractivity contribution in [2.75, 3.05) is 13.7 Å². The molecule has 0 saturated heterocycles. The second-order valence-corrected chi connectivity index (χ2v) is 5.67. The van der Waals surface area contributed by atoms with Crippen LogP contribution in [0.25, 0.3) is 0 Å². The molecule has 0 spiro atoms. The van der Waals surface area contributed by atoms with Crippen LogP contribution < -0.4 is 0 Å². The van der Waals surface area contributed by atoms with Gasteiger partial charge in [0.25, 0.3) is 0 Å². The van der Waals surface area contributed by atoms with Gasteiger partial charge < -0.3 is 9.47 Å². The molecule has 21 heavy (non-hydrogen) atoms. The summed E-state index contributed by atoms with van der Waals surface area (Å²) in [6, 6.07) is 7.46. The zero-order valence-corrected chi connectivity index (χ0v) is 12.3. The third-order valence-electron chi connectivity index (χ3n) is 4.22. The van der Waals surface area contributed by atoms with Gasteiger partial charge in [-0.15, -0.1) is 0 Å². The van der Waals surface area contributed by atoms with E-state index >= 15 is 0 Å². The minimum Gasteiger partial charge on any atom is -0.496 e. The van der Waals surface area contributed by atoms with Gasteiger partial charge in [-0.05, 0) is 19.8 Å². The van der Waals surface area contributed by atoms with Crippen LogP contribution in [0.2, 0.25) is 0 Å². The van der Waals surface area contributed by atoms with Crippen LogP contribution in [-0.4, -0.2) is 25.5 Å². The summed E-state index contributed by atoms with van der Waals surface area (Å²) in [6.45, 7) is 2.44. The molecule has 1 aromatic carbocycles. The zero-order chi connectivity index (χ0) is 15.0. The van der Waals surface area contributed by atoms with E-state index in [4.69, 9.17) is 9.47 Å². The maximum Gasteiger partial charge on any atom is 0.319 e. The zero-order valence-electron chi connectivity index (χ0n) is 12.3. The number of ketones is 1. The van der Waals surface area contributed by atoms with E-state index in [2.05, 4.69) is 0 Å². The lowest BCUT2D eigenvalue weighted by Crippen LogP contribution is -2.22. The minimum atomic E-state index is -0.707. The van der Waals surface area contributed by atoms with Crippen LogP contribution in [0.4, 0.5) is 0 Å². The standard InChI is InChI=1S/C17H18O4/c1-11-3-5-12(6-4-11)14(18)13-7-10-21-15(13)17(8-9-17)16(19)20-2/h3-6H,7-10H2,1-2H3. The summed E-state index contributed by atoms with van der Waals surface area (Å²) in [7, 11) is 1.37. The van der Waals surface area contributed by atoms with E-state index in [1.165, 1.54) is 7.11 Å². The predicted octanol–water partition coefficient (Wildman–Crippen LogP) is 2.81. The molecule has 0 unspecified atom stereocenters. The molecule has 1 aliphatic carbocycles. The third-order valence-corrected chi connectivity index (χ3v) is 4.22. The van der Waals surface area contributed by atoms with Crippen LogP contribution in [0.15, 0.2) is 35.6 Å². The van der Waals surface area contributed by atoms with Gasteiger partial charge in [0.15, 0.2) is 5.78 Å². The topological polar surface area (TPSA) is 52.6 Å². The Morgan fingerprint density at radius 2 is 1.86 bits per heavy atom. The molecule has 4 nitrogen and oxygen atoms in total. The van der Waals surface area contributed by atoms with Gasteiger partial charge in [-0.1, -0.05) is 29.8 Å². The van der Waals surface area contributed by atoms with E-state index in [1.807, 2.05) is 31.2 Å². The SMILES string of the molecule is COC(=O)C1(C2=C(C(=O)c3ccc(C)cc3)CCO2)CC1. The number of methoxy groups -OCH3 is 1. The van der Waals surface area contributed by atoms with Crippen molar-refractivity contribution >= 4 is 11.8 Å². The fraction of sp³-hybridized carbons (Fsp3) is 0.412. The lowest BCUT2D eigenvalue weighted by atomic mass is 9.94. The molecule has 0 amide bonds. The van der Waals surface area contributed by atoms with E-state index < -0.39 is 5.41 Å². The van der Waals surface area contributed by atoms with Gasteiger partial charge in [-0.3, -0.25) is 9.59 Å². The van der Waals surface area contributed by atoms with Crippen molar-refractivity contribution in [1.29, 1.82) is 0 Å². The Morgan fingerprint density at radius 1 is 1.19 bits per heavy atom. The molecule has 0 radical (unpaired) electrons. The Bertz CT molecular complexity index is 621. The van der Waals surface area contributed by atoms with Crippen molar-refractivity contribution < 1.29 is 19.1 Å². The summed E-state index contributed by atoms with van der Waals surface area (Å²) in [6.07, 6.45) is 1.94. The molecule has 110 valence electrons. The van der Waals surface area contributed by atoms with E-state index in [-0.39, 0.29) is 11.8 Å². The van der Waals surface area contributed by atoms with Crippen molar-refractivity contribution in [3.8, 4) is 0 Å². The Hall–Kier alpha value is -2.10. The molecule has 1 aliphatic heterocycles. The first kappa shape index (κ1) is 13.9. The Labute approximate surface area is 123 Å². The number of carbonyl (C=O) groups excluding carboxylic acids is 2. The highest BCUT2D eigenvalue weighted by atomic mass is 16.5. The Balaban J connectivity index is 1.96. The summed E-state index contributed by atoms with van der Waals surface area (Å²) in [5.74, 6) is 0.200. The van der Waals surface area contributed by atoms with Crippen LogP contribution in [-0.2, 0) is 14.3 Å². The minimum absolute atomic E-state index is 0.0438. The van der Waals surface area contributed by atoms with Gasteiger partial charge >= 0.3 is 5.97 Å². The number of benzene rings is 1. The average Bonchev–Trinajstić information content (AvgIpc) is 3.16. The van der Waals surface area contributed by atoms with Gasteiger partial charge in [-0.25, -0.2) is 0 Å². The monoisotopic (exact) mass is 286 g/mol. The molecule has 1 fully saturated rings. The molecule has 0 aromatic heterocycles. The summed E-state index contributed by atoms with van der Waals surface area (Å²) in [5.41, 5.74) is 1.67. The summed E-state index contributed by atoms with van der Waals surface area (Å²) >= 11 is 0. The highest BCUT2D eigenvalue weighted by Gasteiger charge is 2.58. The van der Waals surface area contributed by atoms with E-state index in [0.29, 0.717) is 42.8 Å². The highest BCUT2D eigenvalue weighted by molar-refractivity contribution is 6.10. The number of carbonyl (C=O) groups is 2. The first-order chi connectivity index (χ1) is 10.1. The van der Waals surface area contributed by atoms with Crippen molar-refractivity contribution in [3.63, 3.8) is 0 Å². The predicted molar refractivity (Wildman–Crippen MR) is 76.8 cm³/mol. The third kappa shape index (κ3) is 2.24. The molecule has 3 rings (SSSR count). The molecular formula is C17H18O4. The van der Waals surface area contributed by atoms with E-state index in [9.17, 15) is 9.59 Å². The van der Waals surface area contributed by atoms with Crippen LogP contribution in [0, 0.1) is 12.3 Å². The molecule has 0 atom stereocenters. The highest BCUT2D eigenvalue weighted by Crippen LogP contribution is 2.56. The number of Topliss-reactive ketones (excluding diaryl/α,β-unsaturated/α-hetero) is 1. The van der Waals surface area contributed by atoms with Crippen molar-refractivity contribution in [1.82, 2.24) is 0 Å². The molecule has 4 heteroatoms. The number of aryl methyl sites for hydroxylation is 1. The second-order valence-electron chi connectivity index (χ2n) is 5.67. The lowest BCUT2D eigenvalue weighted by Gasteiger charge is -2.15. The number of esters is 1. The van der Waals surface area contributed by atoms with Crippen LogP contribution >= 0.6 is 0 Å². The van der Waals surface area contributed by atoms with Gasteiger partial charge in [0, 0.05) is 17.6 Å². The maximum atomic E-state index is 12.7. The molecule has 1 aromatic rings. The number of ether oxygens (including phenoxy) is 2. The molecule has 2 aliphatic rings. The average molecular weight is 286 g/mol. The summed E-state index contributed by atoms with van der Waals surface area (Å²) in [5, 5.41) is 0. The Morgan fingerprint density at radius 3 is 2.43 bits per heavy atom. The normalized spacial score (nSPS) is 19.1. The van der Waals surface area contributed by atoms with E-state index in [0.717, 1.165) is 5.56 Å². The van der Waals surface area contributed by atoms with Crippen LogP contribution in [0.5, 0.6) is 0 Å². The summed E-state index contributed by atoms with van der Waals surface area (Å²) < 4.78 is 10.5. The fourth-order valence-corrected chi connectivity index (χ4v) is 2.82. The quantitative estimate of drug-likeness (QED) is 0.631. The molecular weight excluding hydrogens is 268 g/mol. The molecule has 1 saturated carbocycles. The number of rotatable bonds is 4. The van der Waals surface area contributed by atoms with Crippen molar-refractivity contribution in [3.05, 3.63) is 46.7 Å². The molecule has 1 heterocycles. The Kier molecular flexibility index (Phi) is 3.32. The number of hydrogen-bond donors (Lipinski definition) is 0. The first-order valence-electron chi connectivity index (χ1n) is 7.15. The summed E-state index contributed by atoms with van der Waals surface area (Å²) in [4.78, 5) is 24.6. The van der Waals surface area contributed by atoms with E-state index in [1.54, 1.807) is 0 Å². The first-order valence-corrected chi connectivity index (χ1v) is 7.15. The smallest absolute Gasteiger partial charge is 0.319 e. The lowest BCUT2D eigenvalue weighted by molar-refractivity contribution is -0.146. The van der Waals surface area contributed by atoms with Gasteiger partial charge in [0.05, 0.1) is 13.7 Å². The second kappa shape index (κ2) is 5.02. The maximum absolute atomic E-state index is 12.7. The number of hydrogen-bond acceptors (Lipinski definition) is 4. The van der Waals surface area contributed by atoms with Crippen molar-refractivity contribution in [2.24, 2.45) is 5.41 Å². The largest absolute Gasteiger partial charge is 0.496 e. The van der Waals surface area contributed by atoms with Gasteiger partial charge in [0.1, 0.15) is 11.2 Å². The van der Waals surface area contributed by atoms with Crippen LogP contribution in [0.3, 0.4) is 0 Å². The van der Waals surface area contributed by atoms with Crippen molar-refractivity contribution in [2.45, 2.75) is 26.2 Å². The van der Waals surface area contributed by atoms with Gasteiger partial charge in [-0.2, -0.15) is 0 Å².